The predicted octanol–water partition coefficient (Wildman–Crippen LogP) is 20.5. The Labute approximate surface area is 445 Å². The van der Waals surface area contributed by atoms with E-state index in [2.05, 4.69) is 118 Å². The minimum absolute atomic E-state index is 0.0965. The summed E-state index contributed by atoms with van der Waals surface area (Å²) in [4.78, 5) is 38.2. The van der Waals surface area contributed by atoms with Crippen LogP contribution in [-0.2, 0) is 28.6 Å². The van der Waals surface area contributed by atoms with Crippen LogP contribution in [0.25, 0.3) is 0 Å². The molecule has 6 heteroatoms. The lowest BCUT2D eigenvalue weighted by Gasteiger charge is -2.18. The first kappa shape index (κ1) is 68.3. The van der Waals surface area contributed by atoms with E-state index in [1.165, 1.54) is 122 Å². The van der Waals surface area contributed by atoms with Gasteiger partial charge in [-0.05, 0) is 122 Å². The van der Waals surface area contributed by atoms with Crippen molar-refractivity contribution in [3.8, 4) is 0 Å². The van der Waals surface area contributed by atoms with Crippen molar-refractivity contribution in [2.75, 3.05) is 13.2 Å². The SMILES string of the molecule is CC/C=C\C/C=C\C/C=C\C/C=C\CCCCCCC(=O)OC(COC(=O)CCCCCCC/C=C\CCCCCCCCC)COC(=O)CCCCCCCC/C=C\C/C=C\C/C=C\CCCCCCC. The molecule has 0 heterocycles. The fourth-order valence-corrected chi connectivity index (χ4v) is 8.26. The first-order valence-electron chi connectivity index (χ1n) is 30.2. The summed E-state index contributed by atoms with van der Waals surface area (Å²) in [6.45, 7) is 6.49. The number of hydrogen-bond donors (Lipinski definition) is 0. The highest BCUT2D eigenvalue weighted by Gasteiger charge is 2.19. The van der Waals surface area contributed by atoms with E-state index in [4.69, 9.17) is 14.2 Å². The van der Waals surface area contributed by atoms with Crippen LogP contribution in [0.1, 0.15) is 284 Å². The minimum atomic E-state index is -0.802. The van der Waals surface area contributed by atoms with Gasteiger partial charge in [-0.3, -0.25) is 14.4 Å². The Hall–Kier alpha value is -3.67. The van der Waals surface area contributed by atoms with Crippen LogP contribution in [0.2, 0.25) is 0 Å². The molecule has 412 valence electrons. The van der Waals surface area contributed by atoms with Crippen LogP contribution in [-0.4, -0.2) is 37.2 Å². The molecule has 0 bridgehead atoms. The van der Waals surface area contributed by atoms with Crippen molar-refractivity contribution in [3.05, 3.63) is 97.2 Å². The number of allylic oxidation sites excluding steroid dienone is 16. The molecule has 6 nitrogen and oxygen atoms in total. The van der Waals surface area contributed by atoms with Crippen molar-refractivity contribution < 1.29 is 28.6 Å². The molecule has 0 fully saturated rings. The first-order chi connectivity index (χ1) is 35.5. The zero-order valence-electron chi connectivity index (χ0n) is 47.2. The highest BCUT2D eigenvalue weighted by Crippen LogP contribution is 2.14. The molecular weight excluding hydrogens is 889 g/mol. The van der Waals surface area contributed by atoms with Gasteiger partial charge in [-0.1, -0.05) is 240 Å². The fourth-order valence-electron chi connectivity index (χ4n) is 8.26. The molecule has 0 spiro atoms. The number of carbonyl (C=O) groups excluding carboxylic acids is 3. The van der Waals surface area contributed by atoms with Gasteiger partial charge in [0.25, 0.3) is 0 Å². The Morgan fingerprint density at radius 3 is 0.861 bits per heavy atom. The van der Waals surface area contributed by atoms with E-state index < -0.39 is 6.10 Å². The molecule has 0 aliphatic heterocycles. The number of esters is 3. The minimum Gasteiger partial charge on any atom is -0.462 e. The van der Waals surface area contributed by atoms with Crippen molar-refractivity contribution >= 4 is 17.9 Å². The van der Waals surface area contributed by atoms with Crippen LogP contribution in [0, 0.1) is 0 Å². The van der Waals surface area contributed by atoms with Crippen molar-refractivity contribution in [3.63, 3.8) is 0 Å². The summed E-state index contributed by atoms with van der Waals surface area (Å²) in [5.41, 5.74) is 0. The lowest BCUT2D eigenvalue weighted by atomic mass is 10.1. The monoisotopic (exact) mass is 1000 g/mol. The molecule has 0 aromatic rings. The van der Waals surface area contributed by atoms with E-state index in [0.717, 1.165) is 122 Å². The molecule has 0 saturated carbocycles. The highest BCUT2D eigenvalue weighted by atomic mass is 16.6. The quantitative estimate of drug-likeness (QED) is 0.0261. The fraction of sp³-hybridized carbons (Fsp3) is 0.712. The van der Waals surface area contributed by atoms with Crippen molar-refractivity contribution in [1.29, 1.82) is 0 Å². The number of unbranched alkanes of at least 4 members (excludes halogenated alkanes) is 27. The van der Waals surface area contributed by atoms with Crippen molar-refractivity contribution in [2.45, 2.75) is 290 Å². The number of hydrogen-bond acceptors (Lipinski definition) is 6. The molecule has 0 aromatic heterocycles. The normalized spacial score (nSPS) is 12.8. The highest BCUT2D eigenvalue weighted by molar-refractivity contribution is 5.71. The van der Waals surface area contributed by atoms with Gasteiger partial charge in [0, 0.05) is 19.3 Å². The Kier molecular flexibility index (Phi) is 56.8. The molecule has 0 aromatic carbocycles. The summed E-state index contributed by atoms with van der Waals surface area (Å²) >= 11 is 0. The van der Waals surface area contributed by atoms with E-state index in [1.54, 1.807) is 0 Å². The van der Waals surface area contributed by atoms with Gasteiger partial charge in [-0.15, -0.1) is 0 Å². The standard InChI is InChI=1S/C66H112O6/c1-4-7-10-13-16-19-22-25-28-31-32-33-34-36-38-41-44-47-50-53-56-59-65(68)71-62-63(61-70-64(67)58-55-52-49-46-43-40-37-30-27-24-21-18-15-12-9-6-3)72-66(69)60-57-54-51-48-45-42-39-35-29-26-23-20-17-14-11-8-5-2/h8,11,17,20,22,25-26,29-32,34,36-37,39,42,63H,4-7,9-10,12-16,18-19,21,23-24,27-28,33,35,38,40-41,43-62H2,1-3H3/b11-8-,20-17-,25-22-,29-26-,32-31-,36-34-,37-30-,42-39-. The Morgan fingerprint density at radius 2 is 0.542 bits per heavy atom. The van der Waals surface area contributed by atoms with E-state index >= 15 is 0 Å². The van der Waals surface area contributed by atoms with Crippen molar-refractivity contribution in [2.24, 2.45) is 0 Å². The summed E-state index contributed by atoms with van der Waals surface area (Å²) < 4.78 is 16.9. The average Bonchev–Trinajstić information content (AvgIpc) is 3.38. The Bertz CT molecular complexity index is 1430. The third-order valence-corrected chi connectivity index (χ3v) is 12.8. The topological polar surface area (TPSA) is 78.9 Å². The molecule has 0 radical (unpaired) electrons. The van der Waals surface area contributed by atoms with E-state index in [1.807, 2.05) is 0 Å². The van der Waals surface area contributed by atoms with E-state index in [-0.39, 0.29) is 31.1 Å². The summed E-state index contributed by atoms with van der Waals surface area (Å²) in [5.74, 6) is -0.935. The molecule has 1 atom stereocenters. The lowest BCUT2D eigenvalue weighted by Crippen LogP contribution is -2.30. The second-order valence-electron chi connectivity index (χ2n) is 19.9. The number of rotatable bonds is 54. The first-order valence-corrected chi connectivity index (χ1v) is 30.2. The van der Waals surface area contributed by atoms with Crippen LogP contribution in [0.15, 0.2) is 97.2 Å². The van der Waals surface area contributed by atoms with Crippen LogP contribution >= 0.6 is 0 Å². The van der Waals surface area contributed by atoms with E-state index in [9.17, 15) is 14.4 Å². The van der Waals surface area contributed by atoms with Crippen LogP contribution in [0.3, 0.4) is 0 Å². The smallest absolute Gasteiger partial charge is 0.306 e. The van der Waals surface area contributed by atoms with Gasteiger partial charge in [-0.25, -0.2) is 0 Å². The molecule has 0 rings (SSSR count). The van der Waals surface area contributed by atoms with Gasteiger partial charge < -0.3 is 14.2 Å². The predicted molar refractivity (Wildman–Crippen MR) is 311 cm³/mol. The van der Waals surface area contributed by atoms with Crippen molar-refractivity contribution in [1.82, 2.24) is 0 Å². The zero-order chi connectivity index (χ0) is 52.2. The van der Waals surface area contributed by atoms with Crippen LogP contribution in [0.4, 0.5) is 0 Å². The molecular formula is C66H112O6. The molecule has 0 aliphatic rings. The average molecular weight is 1000 g/mol. The Morgan fingerprint density at radius 1 is 0.292 bits per heavy atom. The van der Waals surface area contributed by atoms with Gasteiger partial charge >= 0.3 is 17.9 Å². The second-order valence-corrected chi connectivity index (χ2v) is 19.9. The third kappa shape index (κ3) is 57.2. The zero-order valence-corrected chi connectivity index (χ0v) is 47.2. The summed E-state index contributed by atoms with van der Waals surface area (Å²) in [5, 5.41) is 0. The third-order valence-electron chi connectivity index (χ3n) is 12.8. The maximum absolute atomic E-state index is 12.9. The lowest BCUT2D eigenvalue weighted by molar-refractivity contribution is -0.167. The van der Waals surface area contributed by atoms with Gasteiger partial charge in [0.05, 0.1) is 0 Å². The summed E-state index contributed by atoms with van der Waals surface area (Å²) in [6.07, 6.45) is 79.7. The maximum atomic E-state index is 12.9. The molecule has 0 aliphatic carbocycles. The molecule has 1 unspecified atom stereocenters. The molecule has 72 heavy (non-hydrogen) atoms. The summed E-state index contributed by atoms with van der Waals surface area (Å²) in [7, 11) is 0. The summed E-state index contributed by atoms with van der Waals surface area (Å²) in [6, 6.07) is 0. The second kappa shape index (κ2) is 59.9. The van der Waals surface area contributed by atoms with Gasteiger partial charge in [0.2, 0.25) is 0 Å². The van der Waals surface area contributed by atoms with Gasteiger partial charge in [0.15, 0.2) is 6.10 Å². The van der Waals surface area contributed by atoms with Crippen LogP contribution < -0.4 is 0 Å². The Balaban J connectivity index is 4.46. The molecule has 0 saturated heterocycles. The van der Waals surface area contributed by atoms with Gasteiger partial charge in [-0.2, -0.15) is 0 Å². The maximum Gasteiger partial charge on any atom is 0.306 e. The molecule has 0 N–H and O–H groups in total. The van der Waals surface area contributed by atoms with Crippen LogP contribution in [0.5, 0.6) is 0 Å². The largest absolute Gasteiger partial charge is 0.462 e. The van der Waals surface area contributed by atoms with E-state index in [0.29, 0.717) is 19.3 Å². The number of ether oxygens (including phenoxy) is 3. The number of carbonyl (C=O) groups is 3. The molecule has 0 amide bonds. The van der Waals surface area contributed by atoms with Gasteiger partial charge in [0.1, 0.15) is 13.2 Å².